The maximum atomic E-state index is 11.5. The number of thiophene rings is 1. The molecule has 23 heavy (non-hydrogen) atoms. The molecular formula is C17H29NO4S. The van der Waals surface area contributed by atoms with E-state index in [0.29, 0.717) is 0 Å². The lowest BCUT2D eigenvalue weighted by Crippen LogP contribution is -2.34. The number of aliphatic hydroxyl groups excluding tert-OH is 2. The Hall–Kier alpha value is -1.11. The van der Waals surface area contributed by atoms with Gasteiger partial charge in [-0.1, -0.05) is 13.3 Å². The Kier molecular flexibility index (Phi) is 8.02. The van der Waals surface area contributed by atoms with Gasteiger partial charge in [0.25, 0.3) is 0 Å². The molecule has 1 heterocycles. The SMILES string of the molecule is CCCCc1ccsc1C(O)C(O)CCNC(=O)OC(C)(C)C. The first kappa shape index (κ1) is 19.9. The molecule has 0 aliphatic carbocycles. The lowest BCUT2D eigenvalue weighted by Gasteiger charge is -2.21. The summed E-state index contributed by atoms with van der Waals surface area (Å²) in [4.78, 5) is 12.4. The van der Waals surface area contributed by atoms with Gasteiger partial charge in [0.2, 0.25) is 0 Å². The van der Waals surface area contributed by atoms with Crippen molar-refractivity contribution in [2.45, 2.75) is 71.2 Å². The van der Waals surface area contributed by atoms with Crippen LogP contribution in [0.3, 0.4) is 0 Å². The Morgan fingerprint density at radius 1 is 1.39 bits per heavy atom. The fourth-order valence-corrected chi connectivity index (χ4v) is 3.15. The molecular weight excluding hydrogens is 314 g/mol. The number of rotatable bonds is 8. The number of unbranched alkanes of at least 4 members (excludes halogenated alkanes) is 1. The van der Waals surface area contributed by atoms with Gasteiger partial charge in [-0.2, -0.15) is 0 Å². The second-order valence-corrected chi connectivity index (χ2v) is 7.59. The summed E-state index contributed by atoms with van der Waals surface area (Å²) in [5.74, 6) is 0. The maximum absolute atomic E-state index is 11.5. The van der Waals surface area contributed by atoms with Crippen molar-refractivity contribution < 1.29 is 19.7 Å². The molecule has 1 aromatic heterocycles. The minimum Gasteiger partial charge on any atom is -0.444 e. The number of aryl methyl sites for hydroxylation is 1. The summed E-state index contributed by atoms with van der Waals surface area (Å²) in [7, 11) is 0. The number of alkyl carbamates (subject to hydrolysis) is 1. The topological polar surface area (TPSA) is 78.8 Å². The molecule has 0 spiro atoms. The van der Waals surface area contributed by atoms with Crippen LogP contribution in [-0.2, 0) is 11.2 Å². The van der Waals surface area contributed by atoms with Crippen LogP contribution >= 0.6 is 11.3 Å². The highest BCUT2D eigenvalue weighted by molar-refractivity contribution is 7.10. The largest absolute Gasteiger partial charge is 0.444 e. The molecule has 2 atom stereocenters. The number of amides is 1. The quantitative estimate of drug-likeness (QED) is 0.676. The first-order chi connectivity index (χ1) is 10.7. The molecule has 6 heteroatoms. The third-order valence-corrected chi connectivity index (χ3v) is 4.35. The van der Waals surface area contributed by atoms with Crippen molar-refractivity contribution in [2.24, 2.45) is 0 Å². The van der Waals surface area contributed by atoms with Crippen LogP contribution in [0.1, 0.15) is 63.5 Å². The van der Waals surface area contributed by atoms with E-state index < -0.39 is 23.9 Å². The van der Waals surface area contributed by atoms with Crippen LogP contribution < -0.4 is 5.32 Å². The number of aliphatic hydroxyl groups is 2. The first-order valence-electron chi connectivity index (χ1n) is 8.14. The third kappa shape index (κ3) is 7.33. The van der Waals surface area contributed by atoms with Crippen molar-refractivity contribution in [3.63, 3.8) is 0 Å². The van der Waals surface area contributed by atoms with E-state index in [1.807, 2.05) is 11.4 Å². The van der Waals surface area contributed by atoms with E-state index in [4.69, 9.17) is 4.74 Å². The van der Waals surface area contributed by atoms with Gasteiger partial charge in [0.1, 0.15) is 11.7 Å². The van der Waals surface area contributed by atoms with Crippen molar-refractivity contribution in [2.75, 3.05) is 6.54 Å². The molecule has 0 radical (unpaired) electrons. The highest BCUT2D eigenvalue weighted by atomic mass is 32.1. The van der Waals surface area contributed by atoms with Crippen LogP contribution in [0.2, 0.25) is 0 Å². The Bertz CT molecular complexity index is 481. The van der Waals surface area contributed by atoms with Crippen molar-refractivity contribution in [3.05, 3.63) is 21.9 Å². The summed E-state index contributed by atoms with van der Waals surface area (Å²) in [6, 6.07) is 2.00. The molecule has 0 saturated carbocycles. The van der Waals surface area contributed by atoms with Crippen LogP contribution in [0.25, 0.3) is 0 Å². The zero-order valence-corrected chi connectivity index (χ0v) is 15.3. The molecule has 1 rings (SSSR count). The van der Waals surface area contributed by atoms with Crippen LogP contribution in [-0.4, -0.2) is 34.6 Å². The smallest absolute Gasteiger partial charge is 0.407 e. The summed E-state index contributed by atoms with van der Waals surface area (Å²) < 4.78 is 5.12. The van der Waals surface area contributed by atoms with Crippen molar-refractivity contribution >= 4 is 17.4 Å². The van der Waals surface area contributed by atoms with Crippen LogP contribution in [0.15, 0.2) is 11.4 Å². The number of hydrogen-bond donors (Lipinski definition) is 3. The molecule has 1 aromatic rings. The molecule has 2 unspecified atom stereocenters. The van der Waals surface area contributed by atoms with Gasteiger partial charge in [-0.05, 0) is 57.0 Å². The molecule has 0 bridgehead atoms. The normalized spacial score (nSPS) is 14.3. The van der Waals surface area contributed by atoms with Crippen molar-refractivity contribution in [3.8, 4) is 0 Å². The van der Waals surface area contributed by atoms with E-state index in [1.54, 1.807) is 20.8 Å². The van der Waals surface area contributed by atoms with Crippen molar-refractivity contribution in [1.29, 1.82) is 0 Å². The standard InChI is InChI=1S/C17H29NO4S/c1-5-6-7-12-9-11-23-15(12)14(20)13(19)8-10-18-16(21)22-17(2,3)4/h9,11,13-14,19-20H,5-8,10H2,1-4H3,(H,18,21). The van der Waals surface area contributed by atoms with E-state index in [9.17, 15) is 15.0 Å². The summed E-state index contributed by atoms with van der Waals surface area (Å²) in [5.41, 5.74) is 0.552. The third-order valence-electron chi connectivity index (χ3n) is 3.32. The highest BCUT2D eigenvalue weighted by Gasteiger charge is 2.22. The van der Waals surface area contributed by atoms with Gasteiger partial charge in [0.05, 0.1) is 6.10 Å². The van der Waals surface area contributed by atoms with Crippen molar-refractivity contribution in [1.82, 2.24) is 5.32 Å². The highest BCUT2D eigenvalue weighted by Crippen LogP contribution is 2.29. The summed E-state index contributed by atoms with van der Waals surface area (Å²) in [6.45, 7) is 7.75. The predicted octanol–water partition coefficient (Wildman–Crippen LogP) is 3.40. The van der Waals surface area contributed by atoms with Gasteiger partial charge >= 0.3 is 6.09 Å². The molecule has 0 aromatic carbocycles. The minimum absolute atomic E-state index is 0.253. The van der Waals surface area contributed by atoms with E-state index in [1.165, 1.54) is 11.3 Å². The fraction of sp³-hybridized carbons (Fsp3) is 0.706. The molecule has 1 amide bonds. The van der Waals surface area contributed by atoms with Gasteiger partial charge in [-0.15, -0.1) is 11.3 Å². The van der Waals surface area contributed by atoms with Gasteiger partial charge in [-0.25, -0.2) is 4.79 Å². The minimum atomic E-state index is -0.915. The zero-order chi connectivity index (χ0) is 17.5. The number of hydrogen-bond acceptors (Lipinski definition) is 5. The molecule has 0 aliphatic rings. The summed E-state index contributed by atoms with van der Waals surface area (Å²) in [5, 5.41) is 25.0. The second kappa shape index (κ2) is 9.25. The maximum Gasteiger partial charge on any atom is 0.407 e. The lowest BCUT2D eigenvalue weighted by atomic mass is 10.0. The number of ether oxygens (including phenoxy) is 1. The predicted molar refractivity (Wildman–Crippen MR) is 92.8 cm³/mol. The van der Waals surface area contributed by atoms with E-state index in [-0.39, 0.29) is 13.0 Å². The Morgan fingerprint density at radius 2 is 2.09 bits per heavy atom. The molecule has 0 saturated heterocycles. The fourth-order valence-electron chi connectivity index (χ4n) is 2.15. The molecule has 5 nitrogen and oxygen atoms in total. The second-order valence-electron chi connectivity index (χ2n) is 6.64. The van der Waals surface area contributed by atoms with Gasteiger partial charge in [-0.3, -0.25) is 0 Å². The Morgan fingerprint density at radius 3 is 2.70 bits per heavy atom. The molecule has 0 aliphatic heterocycles. The number of carbonyl (C=O) groups is 1. The van der Waals surface area contributed by atoms with Gasteiger partial charge in [0, 0.05) is 11.4 Å². The Balaban J connectivity index is 2.44. The van der Waals surface area contributed by atoms with Crippen LogP contribution in [0, 0.1) is 0 Å². The molecule has 132 valence electrons. The van der Waals surface area contributed by atoms with Crippen LogP contribution in [0.5, 0.6) is 0 Å². The zero-order valence-electron chi connectivity index (χ0n) is 14.5. The number of nitrogens with one attached hydrogen (secondary N) is 1. The van der Waals surface area contributed by atoms with E-state index >= 15 is 0 Å². The van der Waals surface area contributed by atoms with Crippen LogP contribution in [0.4, 0.5) is 4.79 Å². The first-order valence-corrected chi connectivity index (χ1v) is 9.01. The summed E-state index contributed by atoms with van der Waals surface area (Å²) in [6.07, 6.45) is 0.992. The van der Waals surface area contributed by atoms with Gasteiger partial charge < -0.3 is 20.3 Å². The lowest BCUT2D eigenvalue weighted by molar-refractivity contribution is 0.0138. The number of carbonyl (C=O) groups excluding carboxylic acids is 1. The molecule has 3 N–H and O–H groups in total. The van der Waals surface area contributed by atoms with E-state index in [2.05, 4.69) is 12.2 Å². The van der Waals surface area contributed by atoms with Gasteiger partial charge in [0.15, 0.2) is 0 Å². The average Bonchev–Trinajstić information content (AvgIpc) is 2.90. The average molecular weight is 343 g/mol. The van der Waals surface area contributed by atoms with E-state index in [0.717, 1.165) is 29.7 Å². The summed E-state index contributed by atoms with van der Waals surface area (Å²) >= 11 is 1.46. The monoisotopic (exact) mass is 343 g/mol. The Labute approximate surface area is 142 Å². The molecule has 0 fully saturated rings.